The Bertz CT molecular complexity index is 581. The summed E-state index contributed by atoms with van der Waals surface area (Å²) in [6.07, 6.45) is 24.0. The van der Waals surface area contributed by atoms with Crippen molar-refractivity contribution >= 4 is 23.3 Å². The van der Waals surface area contributed by atoms with Crippen LogP contribution in [-0.2, 0) is 0 Å². The van der Waals surface area contributed by atoms with Crippen molar-refractivity contribution in [3.05, 3.63) is 53.6 Å². The van der Waals surface area contributed by atoms with Crippen molar-refractivity contribution in [2.45, 2.75) is 84.0 Å². The zero-order valence-electron chi connectivity index (χ0n) is 18.1. The number of allylic oxidation sites excluding steroid dienone is 4. The first-order chi connectivity index (χ1) is 14.2. The van der Waals surface area contributed by atoms with Crippen LogP contribution in [0.25, 0.3) is 0 Å². The Morgan fingerprint density at radius 1 is 0.828 bits per heavy atom. The minimum atomic E-state index is -0.157. The standard InChI is InChI=1S/C25H39ClN2O/c1-2-3-4-5-6-7-8-9-10-11-12-13-14-15-16-17-22-27-25(29)28-24-20-18-23(26)19-21-24/h6-7,9-10,18-21H,2-5,8,11-17,22H2,1H3,(H2,27,28,29)/b7-6+,10-9+. The van der Waals surface area contributed by atoms with Gasteiger partial charge in [0.05, 0.1) is 0 Å². The number of halogens is 1. The van der Waals surface area contributed by atoms with Crippen LogP contribution in [0, 0.1) is 0 Å². The van der Waals surface area contributed by atoms with Gasteiger partial charge in [0.1, 0.15) is 0 Å². The van der Waals surface area contributed by atoms with Crippen molar-refractivity contribution in [3.8, 4) is 0 Å². The first-order valence-corrected chi connectivity index (χ1v) is 11.7. The number of carbonyl (C=O) groups excluding carboxylic acids is 1. The lowest BCUT2D eigenvalue weighted by molar-refractivity contribution is 0.252. The zero-order chi connectivity index (χ0) is 21.0. The predicted molar refractivity (Wildman–Crippen MR) is 128 cm³/mol. The van der Waals surface area contributed by atoms with Crippen LogP contribution in [0.3, 0.4) is 0 Å². The average Bonchev–Trinajstić information content (AvgIpc) is 2.72. The molecular formula is C25H39ClN2O. The maximum Gasteiger partial charge on any atom is 0.319 e. The van der Waals surface area contributed by atoms with E-state index in [2.05, 4.69) is 41.9 Å². The molecule has 0 unspecified atom stereocenters. The van der Waals surface area contributed by atoms with Gasteiger partial charge >= 0.3 is 6.03 Å². The molecule has 0 aromatic heterocycles. The van der Waals surface area contributed by atoms with Gasteiger partial charge in [0.25, 0.3) is 0 Å². The highest BCUT2D eigenvalue weighted by Gasteiger charge is 2.00. The van der Waals surface area contributed by atoms with Crippen molar-refractivity contribution in [1.29, 1.82) is 0 Å². The van der Waals surface area contributed by atoms with E-state index in [0.29, 0.717) is 11.6 Å². The van der Waals surface area contributed by atoms with Gasteiger partial charge in [-0.1, -0.05) is 81.4 Å². The molecule has 0 spiro atoms. The second-order valence-electron chi connectivity index (χ2n) is 7.47. The van der Waals surface area contributed by atoms with Crippen molar-refractivity contribution in [2.24, 2.45) is 0 Å². The molecule has 4 heteroatoms. The fourth-order valence-corrected chi connectivity index (χ4v) is 3.15. The van der Waals surface area contributed by atoms with Crippen LogP contribution in [0.4, 0.5) is 10.5 Å². The highest BCUT2D eigenvalue weighted by molar-refractivity contribution is 6.30. The molecule has 0 aliphatic carbocycles. The van der Waals surface area contributed by atoms with E-state index in [-0.39, 0.29) is 6.03 Å². The molecular weight excluding hydrogens is 380 g/mol. The summed E-state index contributed by atoms with van der Waals surface area (Å²) < 4.78 is 0. The fraction of sp³-hybridized carbons (Fsp3) is 0.560. The summed E-state index contributed by atoms with van der Waals surface area (Å²) in [6.45, 7) is 2.96. The number of anilines is 1. The number of benzene rings is 1. The molecule has 0 radical (unpaired) electrons. The van der Waals surface area contributed by atoms with Gasteiger partial charge in [0, 0.05) is 17.3 Å². The molecule has 29 heavy (non-hydrogen) atoms. The molecule has 0 heterocycles. The molecule has 3 nitrogen and oxygen atoms in total. The molecule has 0 aliphatic rings. The number of unbranched alkanes of at least 4 members (excludes halogenated alkanes) is 9. The Balaban J connectivity index is 1.85. The predicted octanol–water partition coefficient (Wildman–Crippen LogP) is 8.28. The van der Waals surface area contributed by atoms with E-state index in [0.717, 1.165) is 18.5 Å². The van der Waals surface area contributed by atoms with E-state index in [4.69, 9.17) is 11.6 Å². The Morgan fingerprint density at radius 3 is 2.07 bits per heavy atom. The number of urea groups is 1. The maximum absolute atomic E-state index is 11.8. The van der Waals surface area contributed by atoms with Crippen molar-refractivity contribution < 1.29 is 4.79 Å². The monoisotopic (exact) mass is 418 g/mol. The SMILES string of the molecule is CCCCC/C=C/C/C=C/CCCCCCCCNC(=O)Nc1ccc(Cl)cc1. The highest BCUT2D eigenvalue weighted by atomic mass is 35.5. The van der Waals surface area contributed by atoms with Gasteiger partial charge in [-0.3, -0.25) is 0 Å². The zero-order valence-corrected chi connectivity index (χ0v) is 18.9. The second-order valence-corrected chi connectivity index (χ2v) is 7.91. The summed E-state index contributed by atoms with van der Waals surface area (Å²) in [7, 11) is 0. The third kappa shape index (κ3) is 15.8. The van der Waals surface area contributed by atoms with Crippen LogP contribution in [0.15, 0.2) is 48.6 Å². The number of carbonyl (C=O) groups is 1. The van der Waals surface area contributed by atoms with Gasteiger partial charge in [0.15, 0.2) is 0 Å². The summed E-state index contributed by atoms with van der Waals surface area (Å²) in [6, 6.07) is 6.96. The molecule has 0 saturated carbocycles. The topological polar surface area (TPSA) is 41.1 Å². The number of hydrogen-bond donors (Lipinski definition) is 2. The van der Waals surface area contributed by atoms with Crippen LogP contribution >= 0.6 is 11.6 Å². The molecule has 162 valence electrons. The Kier molecular flexibility index (Phi) is 16.0. The smallest absolute Gasteiger partial charge is 0.319 e. The van der Waals surface area contributed by atoms with Crippen LogP contribution in [-0.4, -0.2) is 12.6 Å². The molecule has 2 N–H and O–H groups in total. The number of amides is 2. The molecule has 1 aromatic carbocycles. The van der Waals surface area contributed by atoms with E-state index < -0.39 is 0 Å². The summed E-state index contributed by atoms with van der Waals surface area (Å²) in [5.74, 6) is 0. The third-order valence-corrected chi connectivity index (χ3v) is 5.02. The number of rotatable bonds is 16. The van der Waals surface area contributed by atoms with Crippen molar-refractivity contribution in [1.82, 2.24) is 5.32 Å². The van der Waals surface area contributed by atoms with Gasteiger partial charge < -0.3 is 10.6 Å². The summed E-state index contributed by atoms with van der Waals surface area (Å²) in [5, 5.41) is 6.37. The minimum Gasteiger partial charge on any atom is -0.338 e. The Morgan fingerprint density at radius 2 is 1.41 bits per heavy atom. The van der Waals surface area contributed by atoms with Crippen LogP contribution in [0.5, 0.6) is 0 Å². The molecule has 0 aliphatic heterocycles. The molecule has 0 saturated heterocycles. The average molecular weight is 419 g/mol. The molecule has 0 atom stereocenters. The fourth-order valence-electron chi connectivity index (χ4n) is 3.02. The largest absolute Gasteiger partial charge is 0.338 e. The Hall–Kier alpha value is -1.74. The molecule has 0 bridgehead atoms. The first kappa shape index (κ1) is 25.3. The van der Waals surface area contributed by atoms with E-state index in [1.165, 1.54) is 64.2 Å². The van der Waals surface area contributed by atoms with Gasteiger partial charge in [-0.05, 0) is 62.8 Å². The number of hydrogen-bond acceptors (Lipinski definition) is 1. The summed E-state index contributed by atoms with van der Waals surface area (Å²) in [4.78, 5) is 11.8. The van der Waals surface area contributed by atoms with E-state index in [9.17, 15) is 4.79 Å². The lowest BCUT2D eigenvalue weighted by Gasteiger charge is -2.07. The summed E-state index contributed by atoms with van der Waals surface area (Å²) in [5.41, 5.74) is 0.754. The molecule has 1 aromatic rings. The third-order valence-electron chi connectivity index (χ3n) is 4.77. The number of nitrogens with one attached hydrogen (secondary N) is 2. The van der Waals surface area contributed by atoms with Crippen molar-refractivity contribution in [3.63, 3.8) is 0 Å². The summed E-state index contributed by atoms with van der Waals surface area (Å²) >= 11 is 5.83. The van der Waals surface area contributed by atoms with Gasteiger partial charge in [0.2, 0.25) is 0 Å². The van der Waals surface area contributed by atoms with Crippen LogP contribution in [0.2, 0.25) is 5.02 Å². The second kappa shape index (κ2) is 18.3. The van der Waals surface area contributed by atoms with Gasteiger partial charge in [-0.2, -0.15) is 0 Å². The van der Waals surface area contributed by atoms with E-state index >= 15 is 0 Å². The Labute approximate surface area is 183 Å². The normalized spacial score (nSPS) is 11.4. The van der Waals surface area contributed by atoms with E-state index in [1.54, 1.807) is 24.3 Å². The molecule has 1 rings (SSSR count). The lowest BCUT2D eigenvalue weighted by atomic mass is 10.1. The van der Waals surface area contributed by atoms with Crippen molar-refractivity contribution in [2.75, 3.05) is 11.9 Å². The first-order valence-electron chi connectivity index (χ1n) is 11.3. The maximum atomic E-state index is 11.8. The van der Waals surface area contributed by atoms with Gasteiger partial charge in [-0.25, -0.2) is 4.79 Å². The molecule has 0 fully saturated rings. The minimum absolute atomic E-state index is 0.157. The van der Waals surface area contributed by atoms with Crippen LogP contribution < -0.4 is 10.6 Å². The quantitative estimate of drug-likeness (QED) is 0.206. The highest BCUT2D eigenvalue weighted by Crippen LogP contribution is 2.13. The van der Waals surface area contributed by atoms with Crippen LogP contribution in [0.1, 0.15) is 84.0 Å². The van der Waals surface area contributed by atoms with Gasteiger partial charge in [-0.15, -0.1) is 0 Å². The lowest BCUT2D eigenvalue weighted by Crippen LogP contribution is -2.29. The van der Waals surface area contributed by atoms with E-state index in [1.807, 2.05) is 0 Å². The molecule has 2 amide bonds.